The van der Waals surface area contributed by atoms with Crippen LogP contribution < -0.4 is 5.32 Å². The predicted molar refractivity (Wildman–Crippen MR) is 108 cm³/mol. The molecule has 1 N–H and O–H groups in total. The molecule has 2 heterocycles. The van der Waals surface area contributed by atoms with E-state index in [1.807, 2.05) is 30.1 Å². The fourth-order valence-corrected chi connectivity index (χ4v) is 5.69. The number of thioether (sulfide) groups is 1. The van der Waals surface area contributed by atoms with E-state index in [1.54, 1.807) is 0 Å². The second-order valence-electron chi connectivity index (χ2n) is 6.17. The summed E-state index contributed by atoms with van der Waals surface area (Å²) in [5.41, 5.74) is 4.80. The fourth-order valence-electron chi connectivity index (χ4n) is 3.36. The van der Waals surface area contributed by atoms with Gasteiger partial charge in [0.25, 0.3) is 0 Å². The molecule has 124 valence electrons. The number of piperidine rings is 1. The van der Waals surface area contributed by atoms with Gasteiger partial charge in [-0.2, -0.15) is 0 Å². The maximum Gasteiger partial charge on any atom is 0.0734 e. The van der Waals surface area contributed by atoms with Gasteiger partial charge in [-0.15, -0.1) is 11.8 Å². The van der Waals surface area contributed by atoms with Gasteiger partial charge in [0.05, 0.1) is 10.9 Å². The van der Waals surface area contributed by atoms with Gasteiger partial charge in [-0.05, 0) is 61.3 Å². The summed E-state index contributed by atoms with van der Waals surface area (Å²) in [5, 5.41) is 5.12. The number of aromatic nitrogens is 1. The number of pyridine rings is 1. The number of hydrogen-bond acceptors (Lipinski definition) is 3. The minimum atomic E-state index is 0.239. The normalized spacial score (nSPS) is 20.8. The third kappa shape index (κ3) is 3.30. The molecule has 0 amide bonds. The fraction of sp³-hybridized carbons (Fsp3) is 0.316. The molecular weight excluding hydrogens is 404 g/mol. The molecule has 1 atom stereocenters. The molecule has 1 aromatic heterocycles. The molecule has 1 aliphatic carbocycles. The van der Waals surface area contributed by atoms with Crippen LogP contribution in [0.15, 0.2) is 36.5 Å². The molecule has 5 heteroatoms. The standard InChI is InChI=1S/C19H18BrClN2S/c20-17-11-12-10-13(21)3-4-15(12)19(18-16(17)2-1-7-23-18)24-14-5-8-22-9-6-14/h1-4,7,10-11,14,19,22H,5-6,8-9H2. The van der Waals surface area contributed by atoms with E-state index < -0.39 is 0 Å². The van der Waals surface area contributed by atoms with Gasteiger partial charge in [0.2, 0.25) is 0 Å². The maximum atomic E-state index is 6.25. The monoisotopic (exact) mass is 420 g/mol. The molecule has 4 rings (SSSR count). The van der Waals surface area contributed by atoms with Crippen LogP contribution >= 0.6 is 39.3 Å². The Bertz CT molecular complexity index is 787. The summed E-state index contributed by atoms with van der Waals surface area (Å²) in [6, 6.07) is 10.4. The summed E-state index contributed by atoms with van der Waals surface area (Å²) in [5.74, 6) is 0. The summed E-state index contributed by atoms with van der Waals surface area (Å²) in [6.45, 7) is 2.21. The number of nitrogens with zero attached hydrogens (tertiary/aromatic N) is 1. The van der Waals surface area contributed by atoms with Crippen LogP contribution in [0.3, 0.4) is 0 Å². The van der Waals surface area contributed by atoms with Gasteiger partial charge < -0.3 is 5.32 Å². The Morgan fingerprint density at radius 3 is 2.88 bits per heavy atom. The molecule has 0 saturated carbocycles. The van der Waals surface area contributed by atoms with Crippen LogP contribution in [0.5, 0.6) is 0 Å². The van der Waals surface area contributed by atoms with Crippen LogP contribution in [-0.2, 0) is 0 Å². The second-order valence-corrected chi connectivity index (χ2v) is 8.87. The van der Waals surface area contributed by atoms with E-state index in [1.165, 1.54) is 29.5 Å². The van der Waals surface area contributed by atoms with Gasteiger partial charge in [0.1, 0.15) is 0 Å². The first-order chi connectivity index (χ1) is 11.7. The Labute approximate surface area is 160 Å². The zero-order valence-corrected chi connectivity index (χ0v) is 16.3. The van der Waals surface area contributed by atoms with Crippen molar-refractivity contribution in [3.05, 3.63) is 63.9 Å². The van der Waals surface area contributed by atoms with Crippen molar-refractivity contribution in [1.29, 1.82) is 0 Å². The van der Waals surface area contributed by atoms with E-state index in [0.717, 1.165) is 28.3 Å². The minimum absolute atomic E-state index is 0.239. The minimum Gasteiger partial charge on any atom is -0.317 e. The molecule has 1 unspecified atom stereocenters. The van der Waals surface area contributed by atoms with E-state index >= 15 is 0 Å². The average Bonchev–Trinajstić information content (AvgIpc) is 2.71. The third-order valence-corrected chi connectivity index (χ3v) is 7.07. The van der Waals surface area contributed by atoms with Gasteiger partial charge >= 0.3 is 0 Å². The molecule has 0 spiro atoms. The predicted octanol–water partition coefficient (Wildman–Crippen LogP) is 5.52. The molecule has 24 heavy (non-hydrogen) atoms. The Hall–Kier alpha value is -0.810. The van der Waals surface area contributed by atoms with Crippen LogP contribution in [-0.4, -0.2) is 23.3 Å². The quantitative estimate of drug-likeness (QED) is 0.691. The molecule has 1 fully saturated rings. The Morgan fingerprint density at radius 1 is 1.21 bits per heavy atom. The van der Waals surface area contributed by atoms with Gasteiger partial charge in [-0.3, -0.25) is 4.98 Å². The SMILES string of the molecule is Clc1ccc2c(c1)C=C(Br)c1cccnc1C2SC1CCNCC1. The highest BCUT2D eigenvalue weighted by Gasteiger charge is 2.29. The number of benzene rings is 1. The van der Waals surface area contributed by atoms with Gasteiger partial charge in [-0.1, -0.05) is 39.7 Å². The molecule has 1 aromatic carbocycles. The number of hydrogen-bond donors (Lipinski definition) is 1. The van der Waals surface area contributed by atoms with Crippen molar-refractivity contribution in [3.63, 3.8) is 0 Å². The first-order valence-electron chi connectivity index (χ1n) is 8.20. The zero-order chi connectivity index (χ0) is 16.5. The smallest absolute Gasteiger partial charge is 0.0734 e. The molecule has 2 aromatic rings. The number of fused-ring (bicyclic) bond motifs is 2. The van der Waals surface area contributed by atoms with E-state index in [-0.39, 0.29) is 5.25 Å². The van der Waals surface area contributed by atoms with Crippen molar-refractivity contribution in [2.24, 2.45) is 0 Å². The summed E-state index contributed by atoms with van der Waals surface area (Å²) in [4.78, 5) is 4.76. The zero-order valence-electron chi connectivity index (χ0n) is 13.1. The number of halogens is 2. The van der Waals surface area contributed by atoms with Crippen molar-refractivity contribution >= 4 is 49.9 Å². The summed E-state index contributed by atoms with van der Waals surface area (Å²) in [7, 11) is 0. The molecule has 0 bridgehead atoms. The molecule has 1 aliphatic heterocycles. The van der Waals surface area contributed by atoms with Crippen molar-refractivity contribution in [3.8, 4) is 0 Å². The van der Waals surface area contributed by atoms with Crippen LogP contribution in [0.2, 0.25) is 5.02 Å². The van der Waals surface area contributed by atoms with Crippen molar-refractivity contribution in [2.75, 3.05) is 13.1 Å². The first-order valence-corrected chi connectivity index (χ1v) is 10.3. The lowest BCUT2D eigenvalue weighted by Crippen LogP contribution is -2.29. The Kier molecular flexibility index (Phi) is 5.00. The van der Waals surface area contributed by atoms with Crippen molar-refractivity contribution in [2.45, 2.75) is 23.3 Å². The van der Waals surface area contributed by atoms with Gasteiger partial charge in [0.15, 0.2) is 0 Å². The molecule has 2 aliphatic rings. The highest BCUT2D eigenvalue weighted by atomic mass is 79.9. The Morgan fingerprint density at radius 2 is 2.04 bits per heavy atom. The second kappa shape index (κ2) is 7.20. The van der Waals surface area contributed by atoms with E-state index in [2.05, 4.69) is 45.5 Å². The Balaban J connectivity index is 1.81. The van der Waals surface area contributed by atoms with Crippen molar-refractivity contribution < 1.29 is 0 Å². The average molecular weight is 422 g/mol. The molecular formula is C19H18BrClN2S. The van der Waals surface area contributed by atoms with E-state index in [9.17, 15) is 0 Å². The van der Waals surface area contributed by atoms with Gasteiger partial charge in [-0.25, -0.2) is 0 Å². The largest absolute Gasteiger partial charge is 0.317 e. The third-order valence-electron chi connectivity index (χ3n) is 4.57. The number of rotatable bonds is 2. The highest BCUT2D eigenvalue weighted by molar-refractivity contribution is 9.15. The first kappa shape index (κ1) is 16.6. The summed E-state index contributed by atoms with van der Waals surface area (Å²) < 4.78 is 1.07. The maximum absolute atomic E-state index is 6.25. The van der Waals surface area contributed by atoms with Crippen LogP contribution in [0.1, 0.15) is 40.5 Å². The molecule has 1 saturated heterocycles. The molecule has 0 radical (unpaired) electrons. The van der Waals surface area contributed by atoms with Crippen LogP contribution in [0.25, 0.3) is 10.6 Å². The van der Waals surface area contributed by atoms with Crippen LogP contribution in [0, 0.1) is 0 Å². The summed E-state index contributed by atoms with van der Waals surface area (Å²) in [6.07, 6.45) is 6.49. The van der Waals surface area contributed by atoms with E-state index in [0.29, 0.717) is 5.25 Å². The van der Waals surface area contributed by atoms with Gasteiger partial charge in [0, 0.05) is 26.5 Å². The molecule has 2 nitrogen and oxygen atoms in total. The lowest BCUT2D eigenvalue weighted by Gasteiger charge is -2.27. The topological polar surface area (TPSA) is 24.9 Å². The lowest BCUT2D eigenvalue weighted by atomic mass is 10.0. The number of nitrogens with one attached hydrogen (secondary N) is 1. The highest BCUT2D eigenvalue weighted by Crippen LogP contribution is 2.47. The van der Waals surface area contributed by atoms with Crippen LogP contribution in [0.4, 0.5) is 0 Å². The summed E-state index contributed by atoms with van der Waals surface area (Å²) >= 11 is 12.0. The van der Waals surface area contributed by atoms with Crippen molar-refractivity contribution in [1.82, 2.24) is 10.3 Å². The lowest BCUT2D eigenvalue weighted by molar-refractivity contribution is 0.531. The van der Waals surface area contributed by atoms with E-state index in [4.69, 9.17) is 16.6 Å².